The molecule has 0 aliphatic carbocycles. The van der Waals surface area contributed by atoms with Gasteiger partial charge in [0.05, 0.1) is 0 Å². The molecule has 1 unspecified atom stereocenters. The van der Waals surface area contributed by atoms with Gasteiger partial charge < -0.3 is 10.3 Å². The highest BCUT2D eigenvalue weighted by atomic mass is 16.1. The molecule has 4 heteroatoms. The maximum absolute atomic E-state index is 11.8. The van der Waals surface area contributed by atoms with E-state index in [9.17, 15) is 9.59 Å². The highest BCUT2D eigenvalue weighted by molar-refractivity contribution is 5.80. The van der Waals surface area contributed by atoms with Gasteiger partial charge in [0.1, 0.15) is 0 Å². The average Bonchev–Trinajstić information content (AvgIpc) is 2.46. The molecule has 0 saturated heterocycles. The molecule has 0 radical (unpaired) electrons. The smallest absolute Gasteiger partial charge is 0.251 e. The first-order chi connectivity index (χ1) is 9.99. The van der Waals surface area contributed by atoms with E-state index in [2.05, 4.69) is 17.2 Å². The predicted octanol–water partition coefficient (Wildman–Crippen LogP) is 2.68. The van der Waals surface area contributed by atoms with Crippen LogP contribution < -0.4 is 10.9 Å². The monoisotopic (exact) mass is 286 g/mol. The summed E-state index contributed by atoms with van der Waals surface area (Å²) in [5.41, 5.74) is 2.59. The van der Waals surface area contributed by atoms with Gasteiger partial charge in [-0.2, -0.15) is 0 Å². The Kier molecular flexibility index (Phi) is 4.78. The lowest BCUT2D eigenvalue weighted by molar-refractivity contribution is -0.121. The number of nitrogens with one attached hydrogen (secondary N) is 2. The molecule has 0 aliphatic heterocycles. The number of pyridine rings is 1. The minimum atomic E-state index is -0.0526. The molecule has 1 aromatic heterocycles. The van der Waals surface area contributed by atoms with Crippen molar-refractivity contribution >= 4 is 16.8 Å². The lowest BCUT2D eigenvalue weighted by Gasteiger charge is -2.11. The summed E-state index contributed by atoms with van der Waals surface area (Å²) < 4.78 is 0. The van der Waals surface area contributed by atoms with Crippen LogP contribution in [0.25, 0.3) is 10.9 Å². The molecular formula is C17H22N2O2. The predicted molar refractivity (Wildman–Crippen MR) is 85.5 cm³/mol. The van der Waals surface area contributed by atoms with Crippen LogP contribution in [0, 0.1) is 6.92 Å². The van der Waals surface area contributed by atoms with Crippen LogP contribution in [0.15, 0.2) is 29.1 Å². The Morgan fingerprint density at radius 1 is 1.33 bits per heavy atom. The molecular weight excluding hydrogens is 264 g/mol. The number of fused-ring (bicyclic) bond motifs is 1. The minimum absolute atomic E-state index is 0.0526. The van der Waals surface area contributed by atoms with E-state index in [0.717, 1.165) is 22.9 Å². The van der Waals surface area contributed by atoms with Crippen molar-refractivity contribution in [1.29, 1.82) is 0 Å². The second kappa shape index (κ2) is 6.57. The van der Waals surface area contributed by atoms with Crippen molar-refractivity contribution in [2.45, 2.75) is 46.1 Å². The zero-order valence-corrected chi connectivity index (χ0v) is 12.8. The highest BCUT2D eigenvalue weighted by Gasteiger charge is 2.06. The normalized spacial score (nSPS) is 12.3. The number of rotatable bonds is 5. The fourth-order valence-electron chi connectivity index (χ4n) is 2.23. The average molecular weight is 286 g/mol. The van der Waals surface area contributed by atoms with Crippen molar-refractivity contribution in [3.05, 3.63) is 45.7 Å². The van der Waals surface area contributed by atoms with Gasteiger partial charge in [0.2, 0.25) is 5.91 Å². The summed E-state index contributed by atoms with van der Waals surface area (Å²) in [7, 11) is 0. The summed E-state index contributed by atoms with van der Waals surface area (Å²) in [6, 6.07) is 8.01. The Bertz CT molecular complexity index is 703. The number of aryl methyl sites for hydroxylation is 2. The zero-order chi connectivity index (χ0) is 15.4. The molecule has 1 heterocycles. The van der Waals surface area contributed by atoms with Gasteiger partial charge in [0, 0.05) is 23.5 Å². The van der Waals surface area contributed by atoms with Crippen LogP contribution in [-0.2, 0) is 11.2 Å². The first-order valence-electron chi connectivity index (χ1n) is 7.41. The van der Waals surface area contributed by atoms with Gasteiger partial charge in [-0.3, -0.25) is 9.59 Å². The second-order valence-corrected chi connectivity index (χ2v) is 5.58. The molecule has 21 heavy (non-hydrogen) atoms. The van der Waals surface area contributed by atoms with Crippen LogP contribution in [0.5, 0.6) is 0 Å². The van der Waals surface area contributed by atoms with Crippen molar-refractivity contribution in [2.24, 2.45) is 0 Å². The molecule has 1 amide bonds. The summed E-state index contributed by atoms with van der Waals surface area (Å²) in [4.78, 5) is 26.2. The van der Waals surface area contributed by atoms with E-state index in [0.29, 0.717) is 18.4 Å². The van der Waals surface area contributed by atoms with Crippen molar-refractivity contribution in [3.63, 3.8) is 0 Å². The number of H-pyrrole nitrogens is 1. The van der Waals surface area contributed by atoms with Crippen LogP contribution in [0.4, 0.5) is 0 Å². The largest absolute Gasteiger partial charge is 0.354 e. The molecule has 2 N–H and O–H groups in total. The SMILES string of the molecule is CCC(C)NC(=O)CCc1ccc2[nH]c(=O)c(C)cc2c1. The summed E-state index contributed by atoms with van der Waals surface area (Å²) in [5.74, 6) is 0.0853. The second-order valence-electron chi connectivity index (χ2n) is 5.58. The van der Waals surface area contributed by atoms with Gasteiger partial charge in [-0.1, -0.05) is 13.0 Å². The molecule has 0 saturated carbocycles. The fraction of sp³-hybridized carbons (Fsp3) is 0.412. The van der Waals surface area contributed by atoms with E-state index in [-0.39, 0.29) is 17.5 Å². The molecule has 1 aromatic carbocycles. The van der Waals surface area contributed by atoms with Crippen molar-refractivity contribution < 1.29 is 4.79 Å². The van der Waals surface area contributed by atoms with E-state index in [1.165, 1.54) is 0 Å². The van der Waals surface area contributed by atoms with Crippen molar-refractivity contribution in [2.75, 3.05) is 0 Å². The molecule has 0 fully saturated rings. The molecule has 0 aliphatic rings. The Morgan fingerprint density at radius 2 is 2.10 bits per heavy atom. The molecule has 4 nitrogen and oxygen atoms in total. The molecule has 1 atom stereocenters. The van der Waals surface area contributed by atoms with E-state index in [1.807, 2.05) is 31.2 Å². The third-order valence-electron chi connectivity index (χ3n) is 3.75. The van der Waals surface area contributed by atoms with E-state index in [4.69, 9.17) is 0 Å². The summed E-state index contributed by atoms with van der Waals surface area (Å²) in [6.45, 7) is 5.86. The number of aromatic amines is 1. The van der Waals surface area contributed by atoms with Gasteiger partial charge in [0.25, 0.3) is 5.56 Å². The van der Waals surface area contributed by atoms with Gasteiger partial charge >= 0.3 is 0 Å². The maximum atomic E-state index is 11.8. The Morgan fingerprint density at radius 3 is 2.81 bits per heavy atom. The lowest BCUT2D eigenvalue weighted by Crippen LogP contribution is -2.31. The zero-order valence-electron chi connectivity index (χ0n) is 12.8. The summed E-state index contributed by atoms with van der Waals surface area (Å²) in [6.07, 6.45) is 2.13. The first-order valence-corrected chi connectivity index (χ1v) is 7.41. The third kappa shape index (κ3) is 3.94. The Labute approximate surface area is 124 Å². The Balaban J connectivity index is 2.08. The fourth-order valence-corrected chi connectivity index (χ4v) is 2.23. The molecule has 112 valence electrons. The number of amides is 1. The number of aromatic nitrogens is 1. The molecule has 0 spiro atoms. The van der Waals surface area contributed by atoms with Crippen LogP contribution >= 0.6 is 0 Å². The van der Waals surface area contributed by atoms with E-state index in [1.54, 1.807) is 6.92 Å². The topological polar surface area (TPSA) is 62.0 Å². The number of carbonyl (C=O) groups is 1. The van der Waals surface area contributed by atoms with Gasteiger partial charge in [-0.15, -0.1) is 0 Å². The van der Waals surface area contributed by atoms with E-state index < -0.39 is 0 Å². The Hall–Kier alpha value is -2.10. The van der Waals surface area contributed by atoms with Crippen molar-refractivity contribution in [3.8, 4) is 0 Å². The third-order valence-corrected chi connectivity index (χ3v) is 3.75. The summed E-state index contributed by atoms with van der Waals surface area (Å²) in [5, 5.41) is 3.97. The summed E-state index contributed by atoms with van der Waals surface area (Å²) >= 11 is 0. The number of benzene rings is 1. The highest BCUT2D eigenvalue weighted by Crippen LogP contribution is 2.14. The van der Waals surface area contributed by atoms with Crippen LogP contribution in [0.1, 0.15) is 37.8 Å². The van der Waals surface area contributed by atoms with E-state index >= 15 is 0 Å². The lowest BCUT2D eigenvalue weighted by atomic mass is 10.1. The number of hydrogen-bond acceptors (Lipinski definition) is 2. The van der Waals surface area contributed by atoms with Crippen LogP contribution in [0.3, 0.4) is 0 Å². The van der Waals surface area contributed by atoms with Gasteiger partial charge in [0.15, 0.2) is 0 Å². The molecule has 2 aromatic rings. The number of hydrogen-bond donors (Lipinski definition) is 2. The first kappa shape index (κ1) is 15.3. The molecule has 0 bridgehead atoms. The van der Waals surface area contributed by atoms with Crippen LogP contribution in [-0.4, -0.2) is 16.9 Å². The van der Waals surface area contributed by atoms with Crippen molar-refractivity contribution in [1.82, 2.24) is 10.3 Å². The van der Waals surface area contributed by atoms with Gasteiger partial charge in [-0.05, 0) is 55.8 Å². The van der Waals surface area contributed by atoms with Crippen LogP contribution in [0.2, 0.25) is 0 Å². The number of carbonyl (C=O) groups excluding carboxylic acids is 1. The van der Waals surface area contributed by atoms with Gasteiger partial charge in [-0.25, -0.2) is 0 Å². The molecule has 2 rings (SSSR count). The maximum Gasteiger partial charge on any atom is 0.251 e. The minimum Gasteiger partial charge on any atom is -0.354 e. The quantitative estimate of drug-likeness (QED) is 0.887. The standard InChI is InChI=1S/C17H22N2O2/c1-4-12(3)18-16(20)8-6-13-5-7-15-14(10-13)9-11(2)17(21)19-15/h5,7,9-10,12H,4,6,8H2,1-3H3,(H,18,20)(H,19,21).